The maximum absolute atomic E-state index is 3.85. The molecule has 0 amide bonds. The number of allylic oxidation sites excluding steroid dienone is 3. The summed E-state index contributed by atoms with van der Waals surface area (Å²) in [7, 11) is 0. The van der Waals surface area contributed by atoms with E-state index in [1.807, 2.05) is 12.2 Å². The summed E-state index contributed by atoms with van der Waals surface area (Å²) in [6, 6.07) is 72.2. The van der Waals surface area contributed by atoms with Crippen LogP contribution in [0.1, 0.15) is 12.5 Å². The van der Waals surface area contributed by atoms with Crippen molar-refractivity contribution in [2.24, 2.45) is 0 Å². The van der Waals surface area contributed by atoms with Crippen molar-refractivity contribution >= 4 is 44.4 Å². The molecule has 0 unspecified atom stereocenters. The summed E-state index contributed by atoms with van der Waals surface area (Å²) in [6.07, 6.45) is 3.88. The van der Waals surface area contributed by atoms with Gasteiger partial charge in [0.05, 0.1) is 22.4 Å². The van der Waals surface area contributed by atoms with Gasteiger partial charge in [-0.05, 0) is 88.8 Å². The normalized spacial score (nSPS) is 11.5. The van der Waals surface area contributed by atoms with Crippen LogP contribution in [0.5, 0.6) is 0 Å². The number of fused-ring (bicyclic) bond motifs is 3. The molecule has 1 heterocycles. The molecule has 9 aromatic rings. The second kappa shape index (κ2) is 14.7. The van der Waals surface area contributed by atoms with Crippen LogP contribution in [0.4, 0.5) is 17.1 Å². The Hall–Kier alpha value is -7.16. The number of anilines is 3. The van der Waals surface area contributed by atoms with E-state index >= 15 is 0 Å². The second-order valence-electron chi connectivity index (χ2n) is 13.9. The van der Waals surface area contributed by atoms with Crippen molar-refractivity contribution in [3.8, 4) is 39.1 Å². The lowest BCUT2D eigenvalue weighted by molar-refractivity contribution is 1.18. The van der Waals surface area contributed by atoms with Gasteiger partial charge in [0.2, 0.25) is 0 Å². The Kier molecular flexibility index (Phi) is 8.99. The summed E-state index contributed by atoms with van der Waals surface area (Å²) in [5, 5.41) is 2.52. The zero-order chi connectivity index (χ0) is 37.1. The Labute approximate surface area is 323 Å². The molecule has 0 bridgehead atoms. The van der Waals surface area contributed by atoms with Crippen LogP contribution in [0.3, 0.4) is 0 Å². The average molecular weight is 705 g/mol. The predicted molar refractivity (Wildman–Crippen MR) is 236 cm³/mol. The van der Waals surface area contributed by atoms with Crippen LogP contribution in [0.15, 0.2) is 219 Å². The van der Waals surface area contributed by atoms with Gasteiger partial charge in [0.1, 0.15) is 0 Å². The van der Waals surface area contributed by atoms with Crippen molar-refractivity contribution in [3.05, 3.63) is 224 Å². The lowest BCUT2D eigenvalue weighted by Crippen LogP contribution is -2.11. The fraction of sp³-hybridized carbons (Fsp3) is 0.0189. The number of benzene rings is 8. The third-order valence-corrected chi connectivity index (χ3v) is 10.6. The lowest BCUT2D eigenvalue weighted by Gasteiger charge is -2.28. The Morgan fingerprint density at radius 3 is 1.55 bits per heavy atom. The first-order valence-corrected chi connectivity index (χ1v) is 18.8. The minimum absolute atomic E-state index is 1.09. The number of aromatic nitrogens is 1. The highest BCUT2D eigenvalue weighted by Crippen LogP contribution is 2.43. The molecule has 0 radical (unpaired) electrons. The standard InChI is InChI=1S/C53H40N2/c1-3-15-38(2)39-26-28-40(29-27-39)41-30-34-44(35-31-41)54(50-22-11-7-18-46(50)42-16-5-4-6-17-42)45-36-32-43(33-37-45)47-19-8-12-23-51(47)55-52-24-13-9-20-48(52)49-21-10-14-25-53(49)55/h3-37H,1H2,2H3/b38-15+. The van der Waals surface area contributed by atoms with Crippen molar-refractivity contribution in [2.75, 3.05) is 4.90 Å². The van der Waals surface area contributed by atoms with E-state index in [4.69, 9.17) is 0 Å². The van der Waals surface area contributed by atoms with E-state index in [2.05, 4.69) is 223 Å². The van der Waals surface area contributed by atoms with Crippen LogP contribution >= 0.6 is 0 Å². The summed E-state index contributed by atoms with van der Waals surface area (Å²) >= 11 is 0. The maximum Gasteiger partial charge on any atom is 0.0541 e. The van der Waals surface area contributed by atoms with E-state index in [0.717, 1.165) is 28.3 Å². The minimum atomic E-state index is 1.09. The van der Waals surface area contributed by atoms with Crippen LogP contribution in [0, 0.1) is 0 Å². The molecule has 0 fully saturated rings. The smallest absolute Gasteiger partial charge is 0.0541 e. The molecule has 9 rings (SSSR count). The highest BCUT2D eigenvalue weighted by Gasteiger charge is 2.19. The molecule has 0 aliphatic rings. The number of rotatable bonds is 9. The fourth-order valence-electron chi connectivity index (χ4n) is 7.84. The Balaban J connectivity index is 1.14. The molecule has 0 aliphatic carbocycles. The molecule has 55 heavy (non-hydrogen) atoms. The van der Waals surface area contributed by atoms with Crippen molar-refractivity contribution in [1.29, 1.82) is 0 Å². The molecule has 2 heteroatoms. The molecule has 0 saturated carbocycles. The van der Waals surface area contributed by atoms with E-state index in [1.54, 1.807) is 0 Å². The fourth-order valence-corrected chi connectivity index (χ4v) is 7.84. The van der Waals surface area contributed by atoms with Crippen LogP contribution in [0.25, 0.3) is 66.4 Å². The zero-order valence-corrected chi connectivity index (χ0v) is 30.8. The predicted octanol–water partition coefficient (Wildman–Crippen LogP) is 14.8. The SMILES string of the molecule is C=C/C=C(\C)c1ccc(-c2ccc(N(c3ccc(-c4ccccc4-n4c5ccccc5c5ccccc54)cc3)c3ccccc3-c3ccccc3)cc2)cc1. The molecule has 262 valence electrons. The molecule has 0 N–H and O–H groups in total. The van der Waals surface area contributed by atoms with E-state index in [1.165, 1.54) is 60.8 Å². The van der Waals surface area contributed by atoms with Crippen molar-refractivity contribution < 1.29 is 0 Å². The third kappa shape index (κ3) is 6.34. The first-order valence-electron chi connectivity index (χ1n) is 18.8. The van der Waals surface area contributed by atoms with Gasteiger partial charge >= 0.3 is 0 Å². The van der Waals surface area contributed by atoms with E-state index in [0.29, 0.717) is 0 Å². The Bertz CT molecular complexity index is 2750. The first kappa shape index (κ1) is 33.7. The Morgan fingerprint density at radius 2 is 0.927 bits per heavy atom. The van der Waals surface area contributed by atoms with Gasteiger partial charge in [-0.2, -0.15) is 0 Å². The van der Waals surface area contributed by atoms with Gasteiger partial charge in [-0.15, -0.1) is 0 Å². The minimum Gasteiger partial charge on any atom is -0.310 e. The molecular formula is C53H40N2. The van der Waals surface area contributed by atoms with Gasteiger partial charge in [-0.1, -0.05) is 170 Å². The highest BCUT2D eigenvalue weighted by atomic mass is 15.1. The molecule has 0 spiro atoms. The monoisotopic (exact) mass is 704 g/mol. The summed E-state index contributed by atoms with van der Waals surface area (Å²) in [6.45, 7) is 5.96. The third-order valence-electron chi connectivity index (χ3n) is 10.6. The number of para-hydroxylation sites is 4. The molecule has 0 aliphatic heterocycles. The van der Waals surface area contributed by atoms with Crippen LogP contribution in [0.2, 0.25) is 0 Å². The van der Waals surface area contributed by atoms with Crippen LogP contribution in [-0.4, -0.2) is 4.57 Å². The number of hydrogen-bond donors (Lipinski definition) is 0. The Morgan fingerprint density at radius 1 is 0.455 bits per heavy atom. The van der Waals surface area contributed by atoms with Crippen LogP contribution in [-0.2, 0) is 0 Å². The quantitative estimate of drug-likeness (QED) is 0.136. The van der Waals surface area contributed by atoms with E-state index in [9.17, 15) is 0 Å². The summed E-state index contributed by atoms with van der Waals surface area (Å²) in [5.41, 5.74) is 16.3. The number of hydrogen-bond acceptors (Lipinski definition) is 1. The van der Waals surface area contributed by atoms with Crippen molar-refractivity contribution in [3.63, 3.8) is 0 Å². The second-order valence-corrected chi connectivity index (χ2v) is 13.9. The molecule has 0 saturated heterocycles. The lowest BCUT2D eigenvalue weighted by atomic mass is 9.99. The van der Waals surface area contributed by atoms with Crippen molar-refractivity contribution in [2.45, 2.75) is 6.92 Å². The molecular weight excluding hydrogens is 665 g/mol. The van der Waals surface area contributed by atoms with Gasteiger partial charge in [-0.25, -0.2) is 0 Å². The van der Waals surface area contributed by atoms with Crippen molar-refractivity contribution in [1.82, 2.24) is 4.57 Å². The summed E-state index contributed by atoms with van der Waals surface area (Å²) in [4.78, 5) is 2.38. The van der Waals surface area contributed by atoms with Gasteiger partial charge < -0.3 is 9.47 Å². The van der Waals surface area contributed by atoms with Gasteiger partial charge in [0, 0.05) is 33.3 Å². The molecule has 2 nitrogen and oxygen atoms in total. The molecule has 8 aromatic carbocycles. The van der Waals surface area contributed by atoms with E-state index < -0.39 is 0 Å². The van der Waals surface area contributed by atoms with Crippen LogP contribution < -0.4 is 4.90 Å². The highest BCUT2D eigenvalue weighted by molar-refractivity contribution is 6.09. The van der Waals surface area contributed by atoms with E-state index in [-0.39, 0.29) is 0 Å². The number of nitrogens with zero attached hydrogens (tertiary/aromatic N) is 2. The first-order chi connectivity index (χ1) is 27.2. The van der Waals surface area contributed by atoms with Gasteiger partial charge in [-0.3, -0.25) is 0 Å². The largest absolute Gasteiger partial charge is 0.310 e. The van der Waals surface area contributed by atoms with Gasteiger partial charge in [0.25, 0.3) is 0 Å². The van der Waals surface area contributed by atoms with Gasteiger partial charge in [0.15, 0.2) is 0 Å². The summed E-state index contributed by atoms with van der Waals surface area (Å²) in [5.74, 6) is 0. The summed E-state index contributed by atoms with van der Waals surface area (Å²) < 4.78 is 2.41. The molecule has 1 aromatic heterocycles. The topological polar surface area (TPSA) is 8.17 Å². The maximum atomic E-state index is 3.85. The zero-order valence-electron chi connectivity index (χ0n) is 30.8. The molecule has 0 atom stereocenters. The average Bonchev–Trinajstić information content (AvgIpc) is 3.59.